The minimum absolute atomic E-state index is 0.177. The van der Waals surface area contributed by atoms with Crippen LogP contribution in [0.1, 0.15) is 12.5 Å². The number of rotatable bonds is 4. The van der Waals surface area contributed by atoms with Crippen molar-refractivity contribution in [3.05, 3.63) is 47.3 Å². The van der Waals surface area contributed by atoms with Crippen LogP contribution in [-0.4, -0.2) is 5.88 Å². The van der Waals surface area contributed by atoms with E-state index in [1.165, 1.54) is 6.07 Å². The van der Waals surface area contributed by atoms with E-state index in [4.69, 9.17) is 23.2 Å². The van der Waals surface area contributed by atoms with Crippen molar-refractivity contribution in [2.24, 2.45) is 5.41 Å². The summed E-state index contributed by atoms with van der Waals surface area (Å²) >= 11 is 11.7. The summed E-state index contributed by atoms with van der Waals surface area (Å²) in [5.41, 5.74) is 0.513. The molecule has 0 saturated heterocycles. The molecule has 0 aliphatic heterocycles. The maximum absolute atomic E-state index is 13.2. The summed E-state index contributed by atoms with van der Waals surface area (Å²) < 4.78 is 13.2. The van der Waals surface area contributed by atoms with Gasteiger partial charge in [0.25, 0.3) is 0 Å². The first kappa shape index (κ1) is 12.5. The molecular weight excluding hydrogens is 234 g/mol. The topological polar surface area (TPSA) is 0 Å². The SMILES string of the molecule is C=CC(C)(CCl)Cc1cccc(F)c1Cl. The fourth-order valence-corrected chi connectivity index (χ4v) is 1.69. The van der Waals surface area contributed by atoms with Gasteiger partial charge in [-0.25, -0.2) is 4.39 Å². The van der Waals surface area contributed by atoms with Crippen molar-refractivity contribution in [1.82, 2.24) is 0 Å². The van der Waals surface area contributed by atoms with E-state index in [0.717, 1.165) is 5.56 Å². The minimum Gasteiger partial charge on any atom is -0.205 e. The van der Waals surface area contributed by atoms with Gasteiger partial charge in [-0.05, 0) is 18.1 Å². The Morgan fingerprint density at radius 1 is 1.53 bits per heavy atom. The predicted octanol–water partition coefficient (Wildman–Crippen LogP) is 4.45. The third-order valence-electron chi connectivity index (χ3n) is 2.42. The monoisotopic (exact) mass is 246 g/mol. The Bertz CT molecular complexity index is 363. The van der Waals surface area contributed by atoms with Gasteiger partial charge in [0.05, 0.1) is 5.02 Å². The summed E-state index contributed by atoms with van der Waals surface area (Å²) in [5.74, 6) is 0.0405. The van der Waals surface area contributed by atoms with Gasteiger partial charge in [-0.15, -0.1) is 18.2 Å². The van der Waals surface area contributed by atoms with E-state index in [0.29, 0.717) is 12.3 Å². The van der Waals surface area contributed by atoms with Crippen molar-refractivity contribution < 1.29 is 4.39 Å². The highest BCUT2D eigenvalue weighted by molar-refractivity contribution is 6.31. The third kappa shape index (κ3) is 2.96. The lowest BCUT2D eigenvalue weighted by atomic mass is 9.86. The molecule has 3 heteroatoms. The molecule has 0 aromatic heterocycles. The molecule has 0 spiro atoms. The highest BCUT2D eigenvalue weighted by Gasteiger charge is 2.21. The lowest BCUT2D eigenvalue weighted by Crippen LogP contribution is -2.18. The Kier molecular flexibility index (Phi) is 4.18. The number of hydrogen-bond acceptors (Lipinski definition) is 0. The first-order valence-electron chi connectivity index (χ1n) is 4.65. The molecule has 1 aromatic carbocycles. The summed E-state index contributed by atoms with van der Waals surface area (Å²) in [6.07, 6.45) is 2.37. The zero-order valence-electron chi connectivity index (χ0n) is 8.56. The van der Waals surface area contributed by atoms with Crippen molar-refractivity contribution in [3.8, 4) is 0 Å². The zero-order chi connectivity index (χ0) is 11.5. The van der Waals surface area contributed by atoms with E-state index in [2.05, 4.69) is 6.58 Å². The largest absolute Gasteiger partial charge is 0.205 e. The van der Waals surface area contributed by atoms with Crippen LogP contribution in [0.15, 0.2) is 30.9 Å². The molecule has 0 aliphatic carbocycles. The molecule has 0 N–H and O–H groups in total. The van der Waals surface area contributed by atoms with Gasteiger partial charge in [0, 0.05) is 11.3 Å². The van der Waals surface area contributed by atoms with Gasteiger partial charge in [-0.1, -0.05) is 36.7 Å². The standard InChI is InChI=1S/C12H13Cl2F/c1-3-12(2,8-13)7-9-5-4-6-10(15)11(9)14/h3-6H,1,7-8H2,2H3. The second-order valence-corrected chi connectivity index (χ2v) is 4.53. The van der Waals surface area contributed by atoms with Crippen molar-refractivity contribution in [2.45, 2.75) is 13.3 Å². The molecule has 0 amide bonds. The molecule has 82 valence electrons. The predicted molar refractivity (Wildman–Crippen MR) is 64.1 cm³/mol. The van der Waals surface area contributed by atoms with Crippen LogP contribution in [0.2, 0.25) is 5.02 Å². The minimum atomic E-state index is -0.393. The average Bonchev–Trinajstić information content (AvgIpc) is 2.25. The van der Waals surface area contributed by atoms with Crippen molar-refractivity contribution in [2.75, 3.05) is 5.88 Å². The highest BCUT2D eigenvalue weighted by Crippen LogP contribution is 2.30. The summed E-state index contributed by atoms with van der Waals surface area (Å²) in [6.45, 7) is 5.70. The molecule has 15 heavy (non-hydrogen) atoms. The Labute approximate surface area is 99.7 Å². The Morgan fingerprint density at radius 2 is 2.20 bits per heavy atom. The molecule has 1 unspecified atom stereocenters. The maximum Gasteiger partial charge on any atom is 0.142 e. The van der Waals surface area contributed by atoms with Crippen LogP contribution < -0.4 is 0 Å². The van der Waals surface area contributed by atoms with Crippen molar-refractivity contribution in [1.29, 1.82) is 0 Å². The smallest absolute Gasteiger partial charge is 0.142 e. The third-order valence-corrected chi connectivity index (χ3v) is 3.46. The molecule has 1 rings (SSSR count). The number of alkyl halides is 1. The molecule has 0 radical (unpaired) electrons. The Balaban J connectivity index is 2.98. The van der Waals surface area contributed by atoms with Gasteiger partial charge < -0.3 is 0 Å². The first-order valence-corrected chi connectivity index (χ1v) is 5.56. The molecule has 0 bridgehead atoms. The van der Waals surface area contributed by atoms with Crippen LogP contribution in [0.5, 0.6) is 0 Å². The van der Waals surface area contributed by atoms with Crippen LogP contribution in [0.4, 0.5) is 4.39 Å². The molecule has 1 atom stereocenters. The normalized spacial score (nSPS) is 14.7. The van der Waals surface area contributed by atoms with E-state index in [1.54, 1.807) is 18.2 Å². The summed E-state index contributed by atoms with van der Waals surface area (Å²) in [5, 5.41) is 0.177. The quantitative estimate of drug-likeness (QED) is 0.544. The van der Waals surface area contributed by atoms with Gasteiger partial charge in [0.15, 0.2) is 0 Å². The summed E-state index contributed by atoms with van der Waals surface area (Å²) in [7, 11) is 0. The van der Waals surface area contributed by atoms with Crippen LogP contribution in [0.25, 0.3) is 0 Å². The Morgan fingerprint density at radius 3 is 2.73 bits per heavy atom. The highest BCUT2D eigenvalue weighted by atomic mass is 35.5. The van der Waals surface area contributed by atoms with Crippen LogP contribution in [0, 0.1) is 11.2 Å². The maximum atomic E-state index is 13.2. The number of hydrogen-bond donors (Lipinski definition) is 0. The number of benzene rings is 1. The van der Waals surface area contributed by atoms with E-state index in [9.17, 15) is 4.39 Å². The molecular formula is C12H13Cl2F. The Hall–Kier alpha value is -0.530. The average molecular weight is 247 g/mol. The lowest BCUT2D eigenvalue weighted by molar-refractivity contribution is 0.484. The van der Waals surface area contributed by atoms with Crippen molar-refractivity contribution in [3.63, 3.8) is 0 Å². The second kappa shape index (κ2) is 5.00. The fourth-order valence-electron chi connectivity index (χ4n) is 1.29. The van der Waals surface area contributed by atoms with Gasteiger partial charge in [0.1, 0.15) is 5.82 Å². The van der Waals surface area contributed by atoms with Crippen molar-refractivity contribution >= 4 is 23.2 Å². The molecule has 0 saturated carbocycles. The molecule has 1 aromatic rings. The van der Waals surface area contributed by atoms with Crippen LogP contribution >= 0.6 is 23.2 Å². The number of allylic oxidation sites excluding steroid dienone is 1. The van der Waals surface area contributed by atoms with Crippen LogP contribution in [-0.2, 0) is 6.42 Å². The van der Waals surface area contributed by atoms with E-state index in [-0.39, 0.29) is 10.4 Å². The van der Waals surface area contributed by atoms with Crippen LogP contribution in [0.3, 0.4) is 0 Å². The molecule has 0 fully saturated rings. The van der Waals surface area contributed by atoms with Gasteiger partial charge in [0.2, 0.25) is 0 Å². The summed E-state index contributed by atoms with van der Waals surface area (Å²) in [4.78, 5) is 0. The lowest BCUT2D eigenvalue weighted by Gasteiger charge is -2.23. The molecule has 0 heterocycles. The second-order valence-electron chi connectivity index (χ2n) is 3.88. The fraction of sp³-hybridized carbons (Fsp3) is 0.333. The van der Waals surface area contributed by atoms with E-state index in [1.807, 2.05) is 6.92 Å². The van der Waals surface area contributed by atoms with E-state index < -0.39 is 5.82 Å². The van der Waals surface area contributed by atoms with Gasteiger partial charge in [-0.3, -0.25) is 0 Å². The zero-order valence-corrected chi connectivity index (χ0v) is 10.1. The van der Waals surface area contributed by atoms with Gasteiger partial charge >= 0.3 is 0 Å². The first-order chi connectivity index (χ1) is 7.02. The van der Waals surface area contributed by atoms with Gasteiger partial charge in [-0.2, -0.15) is 0 Å². The summed E-state index contributed by atoms with van der Waals surface area (Å²) in [6, 6.07) is 4.80. The molecule has 0 nitrogen and oxygen atoms in total. The molecule has 0 aliphatic rings. The van der Waals surface area contributed by atoms with E-state index >= 15 is 0 Å². The number of halogens is 3.